The van der Waals surface area contributed by atoms with Crippen molar-refractivity contribution in [2.75, 3.05) is 40.0 Å². The van der Waals surface area contributed by atoms with Crippen molar-refractivity contribution in [3.05, 3.63) is 101 Å². The average Bonchev–Trinajstić information content (AvgIpc) is 3.63. The van der Waals surface area contributed by atoms with Crippen LogP contribution in [0.1, 0.15) is 40.9 Å². The second-order valence-corrected chi connectivity index (χ2v) is 10.2. The Balaban J connectivity index is 1.34. The number of likely N-dealkylation sites (tertiary alicyclic amines) is 1. The van der Waals surface area contributed by atoms with Crippen molar-refractivity contribution in [3.63, 3.8) is 0 Å². The Labute approximate surface area is 241 Å². The summed E-state index contributed by atoms with van der Waals surface area (Å²) in [6.07, 6.45) is 4.64. The van der Waals surface area contributed by atoms with Crippen LogP contribution in [-0.2, 0) is 9.53 Å². The molecule has 0 saturated carbocycles. The zero-order valence-electron chi connectivity index (χ0n) is 23.9. The van der Waals surface area contributed by atoms with Crippen LogP contribution in [0.5, 0.6) is 11.5 Å². The van der Waals surface area contributed by atoms with Crippen LogP contribution in [0.15, 0.2) is 77.2 Å². The van der Waals surface area contributed by atoms with Gasteiger partial charge >= 0.3 is 5.97 Å². The highest BCUT2D eigenvalue weighted by atomic mass is 16.6. The second-order valence-electron chi connectivity index (χ2n) is 10.2. The van der Waals surface area contributed by atoms with Gasteiger partial charge in [-0.2, -0.15) is 0 Å². The summed E-state index contributed by atoms with van der Waals surface area (Å²) >= 11 is 0. The summed E-state index contributed by atoms with van der Waals surface area (Å²) in [5, 5.41) is 1.06. The number of nitrogens with zero attached hydrogens (tertiary/aromatic N) is 1. The summed E-state index contributed by atoms with van der Waals surface area (Å²) in [7, 11) is 1.34. The molecule has 0 aliphatic carbocycles. The van der Waals surface area contributed by atoms with Crippen molar-refractivity contribution in [1.82, 2.24) is 4.90 Å². The lowest BCUT2D eigenvalue weighted by Crippen LogP contribution is -2.18. The third kappa shape index (κ3) is 7.39. The normalized spacial score (nSPS) is 13.6. The van der Waals surface area contributed by atoms with Gasteiger partial charge in [0.05, 0.1) is 13.7 Å². The van der Waals surface area contributed by atoms with E-state index in [0.717, 1.165) is 64.2 Å². The fraction of sp³-hybridized carbons (Fsp3) is 0.286. The molecule has 6 heteroatoms. The number of benzene rings is 3. The van der Waals surface area contributed by atoms with Gasteiger partial charge in [-0.1, -0.05) is 30.0 Å². The van der Waals surface area contributed by atoms with Crippen LogP contribution in [0.4, 0.5) is 0 Å². The van der Waals surface area contributed by atoms with Gasteiger partial charge in [-0.05, 0) is 117 Å². The smallest absolute Gasteiger partial charge is 0.343 e. The first kappa shape index (κ1) is 28.1. The van der Waals surface area contributed by atoms with Crippen molar-refractivity contribution in [1.29, 1.82) is 0 Å². The number of fused-ring (bicyclic) bond motifs is 1. The number of rotatable bonds is 9. The maximum atomic E-state index is 11.4. The molecule has 0 bridgehead atoms. The van der Waals surface area contributed by atoms with Gasteiger partial charge in [0, 0.05) is 10.9 Å². The largest absolute Gasteiger partial charge is 0.489 e. The van der Waals surface area contributed by atoms with Crippen molar-refractivity contribution in [3.8, 4) is 23.3 Å². The molecule has 41 heavy (non-hydrogen) atoms. The molecule has 210 valence electrons. The van der Waals surface area contributed by atoms with Crippen LogP contribution in [-0.4, -0.2) is 50.8 Å². The zero-order chi connectivity index (χ0) is 28.6. The highest BCUT2D eigenvalue weighted by Gasteiger charge is 2.11. The summed E-state index contributed by atoms with van der Waals surface area (Å²) in [5.74, 6) is 8.43. The van der Waals surface area contributed by atoms with Gasteiger partial charge in [-0.25, -0.2) is 4.79 Å². The number of carbonyl (C=O) groups is 1. The lowest BCUT2D eigenvalue weighted by Gasteiger charge is -2.12. The zero-order valence-corrected chi connectivity index (χ0v) is 23.9. The minimum atomic E-state index is -0.423. The SMILES string of the molecule is COC(=O)COc1ccc(OC/C=C(\c2ccc(C#CCN3CCCC3)cc2)c2ccc3oc(C)cc3c2)cc1C. The number of aryl methyl sites for hydroxylation is 2. The van der Waals surface area contributed by atoms with Gasteiger partial charge in [-0.3, -0.25) is 4.90 Å². The molecule has 0 atom stereocenters. The Morgan fingerprint density at radius 2 is 1.73 bits per heavy atom. The van der Waals surface area contributed by atoms with Gasteiger partial charge in [-0.15, -0.1) is 0 Å². The third-order valence-corrected chi connectivity index (χ3v) is 7.14. The molecule has 6 nitrogen and oxygen atoms in total. The van der Waals surface area contributed by atoms with Crippen molar-refractivity contribution >= 4 is 22.5 Å². The number of methoxy groups -OCH3 is 1. The van der Waals surface area contributed by atoms with Gasteiger partial charge in [0.1, 0.15) is 29.4 Å². The predicted molar refractivity (Wildman–Crippen MR) is 161 cm³/mol. The molecule has 3 aromatic carbocycles. The van der Waals surface area contributed by atoms with Gasteiger partial charge < -0.3 is 18.6 Å². The fourth-order valence-electron chi connectivity index (χ4n) is 4.96. The van der Waals surface area contributed by atoms with Gasteiger partial charge in [0.15, 0.2) is 6.61 Å². The standard InChI is InChI=1S/C35H35NO5/c1-25-21-31(13-15-33(25)40-24-35(37)38-3)39-20-16-32(29-12-14-34-30(23-29)22-26(2)41-34)28-10-8-27(9-11-28)7-6-19-36-17-4-5-18-36/h8-16,21-23H,4-5,17-20,24H2,1-3H3/b32-16+. The summed E-state index contributed by atoms with van der Waals surface area (Å²) in [6, 6.07) is 22.2. The minimum Gasteiger partial charge on any atom is -0.489 e. The van der Waals surface area contributed by atoms with E-state index in [9.17, 15) is 4.79 Å². The summed E-state index contributed by atoms with van der Waals surface area (Å²) in [5.41, 5.74) is 5.98. The fourth-order valence-corrected chi connectivity index (χ4v) is 4.96. The van der Waals surface area contributed by atoms with Crippen LogP contribution in [0, 0.1) is 25.7 Å². The van der Waals surface area contributed by atoms with Crippen LogP contribution >= 0.6 is 0 Å². The summed E-state index contributed by atoms with van der Waals surface area (Å²) in [4.78, 5) is 13.8. The molecule has 0 spiro atoms. The lowest BCUT2D eigenvalue weighted by atomic mass is 9.96. The minimum absolute atomic E-state index is 0.132. The van der Waals surface area contributed by atoms with Crippen LogP contribution < -0.4 is 9.47 Å². The van der Waals surface area contributed by atoms with E-state index >= 15 is 0 Å². The number of esters is 1. The molecule has 1 aromatic heterocycles. The molecule has 0 amide bonds. The maximum Gasteiger partial charge on any atom is 0.343 e. The van der Waals surface area contributed by atoms with Crippen LogP contribution in [0.2, 0.25) is 0 Å². The Morgan fingerprint density at radius 3 is 2.49 bits per heavy atom. The number of ether oxygens (including phenoxy) is 3. The summed E-state index contributed by atoms with van der Waals surface area (Å²) < 4.78 is 22.1. The molecule has 4 aromatic rings. The topological polar surface area (TPSA) is 61.1 Å². The van der Waals surface area contributed by atoms with Crippen LogP contribution in [0.25, 0.3) is 16.5 Å². The highest BCUT2D eigenvalue weighted by molar-refractivity contribution is 5.87. The van der Waals surface area contributed by atoms with Crippen molar-refractivity contribution < 1.29 is 23.4 Å². The maximum absolute atomic E-state index is 11.4. The Bertz CT molecular complexity index is 1600. The Kier molecular flexibility index (Phi) is 9.08. The van der Waals surface area contributed by atoms with E-state index in [-0.39, 0.29) is 6.61 Å². The Morgan fingerprint density at radius 1 is 0.951 bits per heavy atom. The molecule has 1 aliphatic heterocycles. The van der Waals surface area contributed by atoms with Gasteiger partial charge in [0.25, 0.3) is 0 Å². The first-order valence-electron chi connectivity index (χ1n) is 13.9. The molecular formula is C35H35NO5. The number of hydrogen-bond donors (Lipinski definition) is 0. The monoisotopic (exact) mass is 549 g/mol. The lowest BCUT2D eigenvalue weighted by molar-refractivity contribution is -0.142. The summed E-state index contributed by atoms with van der Waals surface area (Å²) in [6.45, 7) is 7.24. The first-order valence-corrected chi connectivity index (χ1v) is 13.9. The molecule has 2 heterocycles. The van der Waals surface area contributed by atoms with Gasteiger partial charge in [0.2, 0.25) is 0 Å². The average molecular weight is 550 g/mol. The molecule has 0 unspecified atom stereocenters. The highest BCUT2D eigenvalue weighted by Crippen LogP contribution is 2.29. The second kappa shape index (κ2) is 13.3. The van der Waals surface area contributed by atoms with E-state index < -0.39 is 5.97 Å². The molecule has 1 fully saturated rings. The molecule has 5 rings (SSSR count). The number of carbonyl (C=O) groups excluding carboxylic acids is 1. The van der Waals surface area contributed by atoms with E-state index in [1.165, 1.54) is 20.0 Å². The third-order valence-electron chi connectivity index (χ3n) is 7.14. The predicted octanol–water partition coefficient (Wildman–Crippen LogP) is 6.56. The molecule has 1 aliphatic rings. The van der Waals surface area contributed by atoms with Crippen molar-refractivity contribution in [2.24, 2.45) is 0 Å². The van der Waals surface area contributed by atoms with Crippen molar-refractivity contribution in [2.45, 2.75) is 26.7 Å². The molecular weight excluding hydrogens is 514 g/mol. The quantitative estimate of drug-likeness (QED) is 0.174. The van der Waals surface area contributed by atoms with E-state index in [1.54, 1.807) is 6.07 Å². The molecule has 0 radical (unpaired) electrons. The number of hydrogen-bond acceptors (Lipinski definition) is 6. The molecule has 0 N–H and O–H groups in total. The van der Waals surface area contributed by atoms with E-state index in [0.29, 0.717) is 18.1 Å². The van der Waals surface area contributed by atoms with E-state index in [4.69, 9.17) is 13.9 Å². The molecule has 1 saturated heterocycles. The Hall–Kier alpha value is -4.47. The number of furan rings is 1. The van der Waals surface area contributed by atoms with Crippen LogP contribution in [0.3, 0.4) is 0 Å². The van der Waals surface area contributed by atoms with E-state index in [1.807, 2.05) is 32.0 Å². The first-order chi connectivity index (χ1) is 20.0. The van der Waals surface area contributed by atoms with E-state index in [2.05, 4.69) is 70.0 Å².